The maximum atomic E-state index is 12.3. The first-order valence-corrected chi connectivity index (χ1v) is 8.03. The van der Waals surface area contributed by atoms with E-state index in [1.54, 1.807) is 4.90 Å². The molecule has 3 rings (SSSR count). The lowest BCUT2D eigenvalue weighted by Gasteiger charge is -2.20. The third kappa shape index (κ3) is 3.00. The van der Waals surface area contributed by atoms with Crippen molar-refractivity contribution in [2.24, 2.45) is 5.41 Å². The topological polar surface area (TPSA) is 84.3 Å². The van der Waals surface area contributed by atoms with Crippen molar-refractivity contribution in [1.82, 2.24) is 20.0 Å². The van der Waals surface area contributed by atoms with Crippen molar-refractivity contribution >= 4 is 17.7 Å². The van der Waals surface area contributed by atoms with E-state index in [0.717, 1.165) is 17.8 Å². The van der Waals surface area contributed by atoms with Gasteiger partial charge in [0.2, 0.25) is 17.7 Å². The summed E-state index contributed by atoms with van der Waals surface area (Å²) in [4.78, 5) is 37.4. The van der Waals surface area contributed by atoms with Gasteiger partial charge in [-0.25, -0.2) is 0 Å². The minimum atomic E-state index is -0.678. The van der Waals surface area contributed by atoms with Gasteiger partial charge in [-0.15, -0.1) is 0 Å². The van der Waals surface area contributed by atoms with Crippen LogP contribution in [0.3, 0.4) is 0 Å². The number of rotatable bonds is 4. The summed E-state index contributed by atoms with van der Waals surface area (Å²) in [6, 6.07) is 2.02. The first kappa shape index (κ1) is 15.7. The van der Waals surface area contributed by atoms with Gasteiger partial charge in [0.05, 0.1) is 11.1 Å². The van der Waals surface area contributed by atoms with E-state index in [1.165, 1.54) is 0 Å². The molecule has 2 saturated heterocycles. The van der Waals surface area contributed by atoms with Gasteiger partial charge in [0.25, 0.3) is 0 Å². The van der Waals surface area contributed by atoms with Crippen LogP contribution in [-0.4, -0.2) is 45.5 Å². The molecule has 23 heavy (non-hydrogen) atoms. The van der Waals surface area contributed by atoms with Crippen LogP contribution in [0, 0.1) is 19.3 Å². The van der Waals surface area contributed by atoms with Crippen molar-refractivity contribution in [1.29, 1.82) is 0 Å². The van der Waals surface area contributed by atoms with E-state index in [0.29, 0.717) is 32.5 Å². The maximum absolute atomic E-state index is 12.3. The van der Waals surface area contributed by atoms with Crippen LogP contribution in [0.2, 0.25) is 0 Å². The van der Waals surface area contributed by atoms with Crippen LogP contribution in [0.25, 0.3) is 0 Å². The number of hydrogen-bond donors (Lipinski definition) is 1. The predicted molar refractivity (Wildman–Crippen MR) is 82.3 cm³/mol. The molecule has 0 bridgehead atoms. The van der Waals surface area contributed by atoms with Crippen molar-refractivity contribution in [2.45, 2.75) is 46.1 Å². The summed E-state index contributed by atoms with van der Waals surface area (Å²) in [5.41, 5.74) is 1.39. The fraction of sp³-hybridized carbons (Fsp3) is 0.625. The standard InChI is InChI=1S/C16H22N4O3/c1-11-8-12(2)20(18-11)6-3-4-14(22)19-7-5-16(10-19)9-13(21)17-15(16)23/h8H,3-7,9-10H2,1-2H3,(H,17,21,23)/t16-/m1/s1. The van der Waals surface area contributed by atoms with Crippen LogP contribution in [0.4, 0.5) is 0 Å². The largest absolute Gasteiger partial charge is 0.342 e. The minimum Gasteiger partial charge on any atom is -0.342 e. The number of carbonyl (C=O) groups is 3. The Morgan fingerprint density at radius 3 is 2.78 bits per heavy atom. The van der Waals surface area contributed by atoms with Crippen molar-refractivity contribution in [3.05, 3.63) is 17.5 Å². The van der Waals surface area contributed by atoms with Crippen molar-refractivity contribution in [3.63, 3.8) is 0 Å². The summed E-state index contributed by atoms with van der Waals surface area (Å²) in [5, 5.41) is 6.74. The fourth-order valence-corrected chi connectivity index (χ4v) is 3.55. The number of imide groups is 1. The second-order valence-electron chi connectivity index (χ2n) is 6.65. The average Bonchev–Trinajstić information content (AvgIpc) is 3.11. The Kier molecular flexibility index (Phi) is 3.95. The molecule has 7 heteroatoms. The second kappa shape index (κ2) is 5.79. The Bertz CT molecular complexity index is 666. The van der Waals surface area contributed by atoms with Gasteiger partial charge in [-0.1, -0.05) is 0 Å². The van der Waals surface area contributed by atoms with Crippen LogP contribution < -0.4 is 5.32 Å². The molecule has 0 aliphatic carbocycles. The first-order valence-electron chi connectivity index (χ1n) is 8.03. The number of likely N-dealkylation sites (tertiary alicyclic amines) is 1. The summed E-state index contributed by atoms with van der Waals surface area (Å²) in [7, 11) is 0. The van der Waals surface area contributed by atoms with Crippen LogP contribution in [0.5, 0.6) is 0 Å². The Hall–Kier alpha value is -2.18. The van der Waals surface area contributed by atoms with E-state index < -0.39 is 5.41 Å². The number of amides is 3. The van der Waals surface area contributed by atoms with E-state index >= 15 is 0 Å². The van der Waals surface area contributed by atoms with Gasteiger partial charge in [0.15, 0.2) is 0 Å². The summed E-state index contributed by atoms with van der Waals surface area (Å²) in [5.74, 6) is -0.398. The van der Waals surface area contributed by atoms with Gasteiger partial charge in [-0.2, -0.15) is 5.10 Å². The Labute approximate surface area is 135 Å². The normalized spacial score (nSPS) is 23.8. The Morgan fingerprint density at radius 1 is 1.39 bits per heavy atom. The van der Waals surface area contributed by atoms with E-state index in [1.807, 2.05) is 24.6 Å². The molecule has 0 unspecified atom stereocenters. The number of carbonyl (C=O) groups excluding carboxylic acids is 3. The molecule has 3 heterocycles. The number of aromatic nitrogens is 2. The zero-order valence-corrected chi connectivity index (χ0v) is 13.6. The van der Waals surface area contributed by atoms with E-state index in [-0.39, 0.29) is 24.1 Å². The number of nitrogens with zero attached hydrogens (tertiary/aromatic N) is 3. The highest BCUT2D eigenvalue weighted by Gasteiger charge is 2.51. The first-order chi connectivity index (χ1) is 10.9. The highest BCUT2D eigenvalue weighted by Crippen LogP contribution is 2.37. The van der Waals surface area contributed by atoms with Crippen LogP contribution in [-0.2, 0) is 20.9 Å². The maximum Gasteiger partial charge on any atom is 0.235 e. The van der Waals surface area contributed by atoms with Crippen molar-refractivity contribution < 1.29 is 14.4 Å². The summed E-state index contributed by atoms with van der Waals surface area (Å²) in [6.07, 6.45) is 1.94. The molecule has 1 atom stereocenters. The number of aryl methyl sites for hydroxylation is 3. The smallest absolute Gasteiger partial charge is 0.235 e. The summed E-state index contributed by atoms with van der Waals surface area (Å²) >= 11 is 0. The third-order valence-electron chi connectivity index (χ3n) is 4.80. The van der Waals surface area contributed by atoms with Crippen LogP contribution in [0.15, 0.2) is 6.07 Å². The molecular formula is C16H22N4O3. The van der Waals surface area contributed by atoms with Gasteiger partial charge in [0.1, 0.15) is 0 Å². The molecule has 0 saturated carbocycles. The molecule has 1 N–H and O–H groups in total. The van der Waals surface area contributed by atoms with Gasteiger partial charge < -0.3 is 4.90 Å². The van der Waals surface area contributed by atoms with E-state index in [9.17, 15) is 14.4 Å². The Balaban J connectivity index is 1.51. The summed E-state index contributed by atoms with van der Waals surface area (Å²) < 4.78 is 1.91. The molecule has 2 aliphatic heterocycles. The lowest BCUT2D eigenvalue weighted by Crippen LogP contribution is -2.36. The van der Waals surface area contributed by atoms with E-state index in [4.69, 9.17) is 0 Å². The van der Waals surface area contributed by atoms with Gasteiger partial charge in [-0.05, 0) is 32.8 Å². The molecule has 1 aromatic heterocycles. The molecular weight excluding hydrogens is 296 g/mol. The van der Waals surface area contributed by atoms with Gasteiger partial charge in [0, 0.05) is 38.2 Å². The molecule has 124 valence electrons. The molecule has 2 aliphatic rings. The molecule has 3 amide bonds. The molecule has 1 spiro atoms. The molecule has 0 radical (unpaired) electrons. The molecule has 7 nitrogen and oxygen atoms in total. The minimum absolute atomic E-state index is 0.0514. The van der Waals surface area contributed by atoms with Crippen LogP contribution >= 0.6 is 0 Å². The van der Waals surface area contributed by atoms with E-state index in [2.05, 4.69) is 10.4 Å². The SMILES string of the molecule is Cc1cc(C)n(CCCC(=O)N2CC[C@@]3(CC(=O)NC3=O)C2)n1. The lowest BCUT2D eigenvalue weighted by atomic mass is 9.85. The van der Waals surface area contributed by atoms with Gasteiger partial charge in [-0.3, -0.25) is 24.4 Å². The van der Waals surface area contributed by atoms with Gasteiger partial charge >= 0.3 is 0 Å². The molecule has 1 aromatic rings. The van der Waals surface area contributed by atoms with Crippen molar-refractivity contribution in [2.75, 3.05) is 13.1 Å². The molecule has 2 fully saturated rings. The highest BCUT2D eigenvalue weighted by molar-refractivity contribution is 6.06. The molecule has 0 aromatic carbocycles. The lowest BCUT2D eigenvalue weighted by molar-refractivity contribution is -0.131. The predicted octanol–water partition coefficient (Wildman–Crippen LogP) is 0.545. The zero-order chi connectivity index (χ0) is 16.6. The van der Waals surface area contributed by atoms with Crippen LogP contribution in [0.1, 0.15) is 37.1 Å². The number of nitrogens with one attached hydrogen (secondary N) is 1. The third-order valence-corrected chi connectivity index (χ3v) is 4.80. The Morgan fingerprint density at radius 2 is 2.17 bits per heavy atom. The highest BCUT2D eigenvalue weighted by atomic mass is 16.2. The summed E-state index contributed by atoms with van der Waals surface area (Å²) in [6.45, 7) is 5.58. The monoisotopic (exact) mass is 318 g/mol. The number of hydrogen-bond acceptors (Lipinski definition) is 4. The van der Waals surface area contributed by atoms with Crippen molar-refractivity contribution in [3.8, 4) is 0 Å². The quantitative estimate of drug-likeness (QED) is 0.822. The fourth-order valence-electron chi connectivity index (χ4n) is 3.55. The average molecular weight is 318 g/mol. The zero-order valence-electron chi connectivity index (χ0n) is 13.6. The second-order valence-corrected chi connectivity index (χ2v) is 6.65.